The monoisotopic (exact) mass is 389 g/mol. The first-order valence-corrected chi connectivity index (χ1v) is 10.9. The van der Waals surface area contributed by atoms with Crippen LogP contribution in [0.25, 0.3) is 0 Å². The number of hydrogen-bond donors (Lipinski definition) is 0. The fourth-order valence-electron chi connectivity index (χ4n) is 4.13. The highest BCUT2D eigenvalue weighted by molar-refractivity contribution is 5.37. The van der Waals surface area contributed by atoms with Gasteiger partial charge in [0.25, 0.3) is 0 Å². The molecule has 3 heterocycles. The fourth-order valence-corrected chi connectivity index (χ4v) is 4.13. The summed E-state index contributed by atoms with van der Waals surface area (Å²) in [5.41, 5.74) is 2.48. The zero-order valence-electron chi connectivity index (χ0n) is 17.3. The van der Waals surface area contributed by atoms with Gasteiger partial charge in [0.15, 0.2) is 0 Å². The third-order valence-corrected chi connectivity index (χ3v) is 5.77. The summed E-state index contributed by atoms with van der Waals surface area (Å²) in [6.45, 7) is 8.60. The first-order chi connectivity index (χ1) is 14.4. The second-order valence-electron chi connectivity index (χ2n) is 7.97. The van der Waals surface area contributed by atoms with Gasteiger partial charge in [0, 0.05) is 63.6 Å². The summed E-state index contributed by atoms with van der Waals surface area (Å²) in [5, 5.41) is 0. The summed E-state index contributed by atoms with van der Waals surface area (Å²) in [5.74, 6) is 7.59. The molecule has 2 aliphatic heterocycles. The zero-order valence-corrected chi connectivity index (χ0v) is 17.3. The Morgan fingerprint density at radius 3 is 2.41 bits per heavy atom. The van der Waals surface area contributed by atoms with Crippen molar-refractivity contribution in [3.05, 3.63) is 53.9 Å². The van der Waals surface area contributed by atoms with Crippen LogP contribution < -0.4 is 4.90 Å². The second-order valence-corrected chi connectivity index (χ2v) is 7.97. The van der Waals surface area contributed by atoms with Crippen molar-refractivity contribution in [3.63, 3.8) is 0 Å². The van der Waals surface area contributed by atoms with Crippen molar-refractivity contribution in [2.75, 3.05) is 50.7 Å². The maximum atomic E-state index is 4.37. The molecule has 29 heavy (non-hydrogen) atoms. The lowest BCUT2D eigenvalue weighted by Gasteiger charge is -2.34. The topological polar surface area (TPSA) is 35.5 Å². The Kier molecular flexibility index (Phi) is 7.12. The van der Waals surface area contributed by atoms with E-state index in [-0.39, 0.29) is 0 Å². The van der Waals surface area contributed by atoms with Crippen LogP contribution in [0.4, 0.5) is 5.95 Å². The van der Waals surface area contributed by atoms with Gasteiger partial charge >= 0.3 is 0 Å². The highest BCUT2D eigenvalue weighted by Crippen LogP contribution is 2.13. The van der Waals surface area contributed by atoms with E-state index < -0.39 is 0 Å². The van der Waals surface area contributed by atoms with E-state index in [9.17, 15) is 0 Å². The first-order valence-electron chi connectivity index (χ1n) is 10.9. The molecule has 1 aromatic heterocycles. The highest BCUT2D eigenvalue weighted by atomic mass is 15.3. The number of piperazine rings is 1. The van der Waals surface area contributed by atoms with Crippen LogP contribution in [-0.4, -0.2) is 65.6 Å². The minimum Gasteiger partial charge on any atom is -0.338 e. The average molecular weight is 390 g/mol. The molecule has 0 radical (unpaired) electrons. The molecule has 5 heteroatoms. The van der Waals surface area contributed by atoms with Crippen molar-refractivity contribution in [2.45, 2.75) is 32.2 Å². The maximum absolute atomic E-state index is 4.37. The molecule has 2 saturated heterocycles. The zero-order chi connectivity index (χ0) is 19.7. The van der Waals surface area contributed by atoms with Gasteiger partial charge in [-0.15, -0.1) is 0 Å². The number of benzene rings is 1. The van der Waals surface area contributed by atoms with Gasteiger partial charge < -0.3 is 9.80 Å². The fraction of sp³-hybridized carbons (Fsp3) is 0.500. The van der Waals surface area contributed by atoms with Crippen molar-refractivity contribution in [1.29, 1.82) is 0 Å². The van der Waals surface area contributed by atoms with Gasteiger partial charge in [-0.2, -0.15) is 0 Å². The largest absolute Gasteiger partial charge is 0.338 e. The van der Waals surface area contributed by atoms with Crippen LogP contribution in [-0.2, 0) is 6.54 Å². The van der Waals surface area contributed by atoms with E-state index in [2.05, 4.69) is 60.8 Å². The normalized spacial score (nSPS) is 18.3. The Morgan fingerprint density at radius 1 is 0.828 bits per heavy atom. The Bertz CT molecular complexity index is 812. The van der Waals surface area contributed by atoms with Crippen molar-refractivity contribution in [2.24, 2.45) is 0 Å². The quantitative estimate of drug-likeness (QED) is 0.735. The molecule has 4 rings (SSSR count). The number of nitrogens with zero attached hydrogens (tertiary/aromatic N) is 5. The maximum Gasteiger partial charge on any atom is 0.225 e. The third kappa shape index (κ3) is 6.03. The molecule has 0 atom stereocenters. The van der Waals surface area contributed by atoms with Crippen LogP contribution in [0.1, 0.15) is 36.8 Å². The van der Waals surface area contributed by atoms with Gasteiger partial charge in [-0.05, 0) is 49.7 Å². The van der Waals surface area contributed by atoms with Gasteiger partial charge in [0.1, 0.15) is 0 Å². The highest BCUT2D eigenvalue weighted by Gasteiger charge is 2.18. The van der Waals surface area contributed by atoms with Crippen molar-refractivity contribution >= 4 is 5.95 Å². The molecule has 1 aromatic carbocycles. The molecule has 2 fully saturated rings. The molecule has 0 aliphatic carbocycles. The van der Waals surface area contributed by atoms with E-state index in [1.807, 2.05) is 18.5 Å². The lowest BCUT2D eigenvalue weighted by molar-refractivity contribution is 0.234. The van der Waals surface area contributed by atoms with Crippen LogP contribution in [0.5, 0.6) is 0 Å². The minimum absolute atomic E-state index is 0.842. The van der Waals surface area contributed by atoms with Crippen LogP contribution in [0.3, 0.4) is 0 Å². The van der Waals surface area contributed by atoms with Crippen LogP contribution in [0.2, 0.25) is 0 Å². The molecule has 0 N–H and O–H groups in total. The molecule has 0 amide bonds. The second kappa shape index (κ2) is 10.4. The van der Waals surface area contributed by atoms with Gasteiger partial charge in [-0.25, -0.2) is 9.97 Å². The average Bonchev–Trinajstić information content (AvgIpc) is 2.79. The SMILES string of the molecule is C(#Cc1cccc(CN2CCN(c3ncccn3)CC2)c1)CCN1CCCCC1. The third-order valence-electron chi connectivity index (χ3n) is 5.77. The van der Waals surface area contributed by atoms with Crippen LogP contribution >= 0.6 is 0 Å². The number of anilines is 1. The standard InChI is InChI=1S/C24H31N5/c1-3-13-27(14-4-1)15-5-2-8-22-9-6-10-23(20-22)21-28-16-18-29(19-17-28)24-25-11-7-12-26-24/h6-7,9-12,20H,1,3-5,13-19,21H2. The Morgan fingerprint density at radius 2 is 1.62 bits per heavy atom. The molecular weight excluding hydrogens is 358 g/mol. The number of piperidine rings is 1. The molecule has 0 spiro atoms. The summed E-state index contributed by atoms with van der Waals surface area (Å²) in [7, 11) is 0. The van der Waals surface area contributed by atoms with E-state index >= 15 is 0 Å². The summed E-state index contributed by atoms with van der Waals surface area (Å²) >= 11 is 0. The number of hydrogen-bond acceptors (Lipinski definition) is 5. The summed E-state index contributed by atoms with van der Waals surface area (Å²) in [4.78, 5) is 16.1. The van der Waals surface area contributed by atoms with Crippen LogP contribution in [0.15, 0.2) is 42.7 Å². The van der Waals surface area contributed by atoms with Crippen molar-refractivity contribution in [3.8, 4) is 11.8 Å². The molecule has 152 valence electrons. The van der Waals surface area contributed by atoms with Crippen molar-refractivity contribution in [1.82, 2.24) is 19.8 Å². The number of aromatic nitrogens is 2. The van der Waals surface area contributed by atoms with E-state index in [1.54, 1.807) is 0 Å². The first kappa shape index (κ1) is 19.9. The molecule has 0 saturated carbocycles. The molecular formula is C24H31N5. The summed E-state index contributed by atoms with van der Waals surface area (Å²) in [6.07, 6.45) is 8.68. The van der Waals surface area contributed by atoms with Gasteiger partial charge in [0.2, 0.25) is 5.95 Å². The number of rotatable bonds is 5. The molecule has 2 aromatic rings. The lowest BCUT2D eigenvalue weighted by Crippen LogP contribution is -2.46. The summed E-state index contributed by atoms with van der Waals surface area (Å²) < 4.78 is 0. The van der Waals surface area contributed by atoms with E-state index in [4.69, 9.17) is 0 Å². The predicted octanol–water partition coefficient (Wildman–Crippen LogP) is 3.03. The smallest absolute Gasteiger partial charge is 0.225 e. The van der Waals surface area contributed by atoms with E-state index in [0.717, 1.165) is 57.2 Å². The Labute approximate surface area is 174 Å². The number of likely N-dealkylation sites (tertiary alicyclic amines) is 1. The minimum atomic E-state index is 0.842. The van der Waals surface area contributed by atoms with Crippen LogP contribution in [0, 0.1) is 11.8 Å². The van der Waals surface area contributed by atoms with Crippen molar-refractivity contribution < 1.29 is 0 Å². The molecule has 2 aliphatic rings. The molecule has 0 bridgehead atoms. The van der Waals surface area contributed by atoms with E-state index in [1.165, 1.54) is 37.9 Å². The molecule has 0 unspecified atom stereocenters. The predicted molar refractivity (Wildman–Crippen MR) is 118 cm³/mol. The van der Waals surface area contributed by atoms with Gasteiger partial charge in [-0.1, -0.05) is 30.4 Å². The van der Waals surface area contributed by atoms with Gasteiger partial charge in [-0.3, -0.25) is 4.90 Å². The Hall–Kier alpha value is -2.42. The summed E-state index contributed by atoms with van der Waals surface area (Å²) in [6, 6.07) is 10.6. The van der Waals surface area contributed by atoms with Gasteiger partial charge in [0.05, 0.1) is 0 Å². The molecule has 5 nitrogen and oxygen atoms in total. The Balaban J connectivity index is 1.24. The lowest BCUT2D eigenvalue weighted by atomic mass is 10.1. The van der Waals surface area contributed by atoms with E-state index in [0.29, 0.717) is 0 Å².